The third kappa shape index (κ3) is 5.38. The van der Waals surface area contributed by atoms with Crippen LogP contribution in [0.1, 0.15) is 20.8 Å². The molecule has 0 saturated carbocycles. The quantitative estimate of drug-likeness (QED) is 0.444. The number of nitrogens with zero attached hydrogens (tertiary/aromatic N) is 2. The van der Waals surface area contributed by atoms with Crippen LogP contribution in [0, 0.1) is 5.82 Å². The number of nitrogens with one attached hydrogen (secondary N) is 2. The van der Waals surface area contributed by atoms with Crippen molar-refractivity contribution in [2.75, 3.05) is 7.05 Å². The van der Waals surface area contributed by atoms with Gasteiger partial charge in [-0.05, 0) is 54.6 Å². The first-order chi connectivity index (χ1) is 14.4. The van der Waals surface area contributed by atoms with Gasteiger partial charge in [-0.25, -0.2) is 9.38 Å². The first-order valence-corrected chi connectivity index (χ1v) is 8.82. The average molecular weight is 407 g/mol. The Hall–Kier alpha value is -4.27. The van der Waals surface area contributed by atoms with Crippen LogP contribution in [0.2, 0.25) is 0 Å². The number of benzene rings is 2. The fourth-order valence-corrected chi connectivity index (χ4v) is 2.41. The van der Waals surface area contributed by atoms with Gasteiger partial charge in [0.05, 0.1) is 5.69 Å². The van der Waals surface area contributed by atoms with Crippen molar-refractivity contribution in [3.05, 3.63) is 83.9 Å². The summed E-state index contributed by atoms with van der Waals surface area (Å²) < 4.78 is 18.6. The third-order valence-corrected chi connectivity index (χ3v) is 3.86. The number of nitrogens with two attached hydrogens (primary N) is 1. The molecule has 30 heavy (non-hydrogen) atoms. The van der Waals surface area contributed by atoms with E-state index in [1.165, 1.54) is 43.6 Å². The molecule has 9 heteroatoms. The van der Waals surface area contributed by atoms with Crippen LogP contribution in [0.25, 0.3) is 0 Å². The zero-order valence-corrected chi connectivity index (χ0v) is 15.9. The normalized spacial score (nSPS) is 10.9. The summed E-state index contributed by atoms with van der Waals surface area (Å²) in [5.74, 6) is -0.401. The van der Waals surface area contributed by atoms with Crippen molar-refractivity contribution in [2.45, 2.75) is 0 Å². The van der Waals surface area contributed by atoms with Crippen molar-refractivity contribution in [3.8, 4) is 11.5 Å². The summed E-state index contributed by atoms with van der Waals surface area (Å²) in [6.45, 7) is 0. The molecule has 2 amide bonds. The van der Waals surface area contributed by atoms with Gasteiger partial charge in [0.25, 0.3) is 11.8 Å². The van der Waals surface area contributed by atoms with Gasteiger partial charge in [0.1, 0.15) is 23.0 Å². The van der Waals surface area contributed by atoms with Crippen LogP contribution >= 0.6 is 0 Å². The molecular weight excluding hydrogens is 389 g/mol. The van der Waals surface area contributed by atoms with Gasteiger partial charge in [-0.3, -0.25) is 19.9 Å². The largest absolute Gasteiger partial charge is 0.457 e. The van der Waals surface area contributed by atoms with Crippen molar-refractivity contribution in [2.24, 2.45) is 10.7 Å². The first-order valence-electron chi connectivity index (χ1n) is 8.82. The van der Waals surface area contributed by atoms with E-state index in [0.29, 0.717) is 17.2 Å². The Balaban J connectivity index is 1.64. The van der Waals surface area contributed by atoms with Crippen LogP contribution in [-0.4, -0.2) is 29.8 Å². The van der Waals surface area contributed by atoms with Gasteiger partial charge >= 0.3 is 0 Å². The Morgan fingerprint density at radius 2 is 1.70 bits per heavy atom. The number of ether oxygens (including phenoxy) is 1. The minimum Gasteiger partial charge on any atom is -0.457 e. The highest BCUT2D eigenvalue weighted by Gasteiger charge is 2.08. The monoisotopic (exact) mass is 407 g/mol. The van der Waals surface area contributed by atoms with Crippen molar-refractivity contribution in [1.29, 1.82) is 0 Å². The third-order valence-electron chi connectivity index (χ3n) is 3.86. The zero-order valence-electron chi connectivity index (χ0n) is 15.9. The van der Waals surface area contributed by atoms with Crippen LogP contribution in [0.3, 0.4) is 0 Å². The lowest BCUT2D eigenvalue weighted by Crippen LogP contribution is -2.36. The molecular formula is C21H18FN5O3. The van der Waals surface area contributed by atoms with E-state index in [-0.39, 0.29) is 23.1 Å². The van der Waals surface area contributed by atoms with Crippen LogP contribution < -0.4 is 21.1 Å². The van der Waals surface area contributed by atoms with E-state index in [0.717, 1.165) is 0 Å². The molecule has 0 radical (unpaired) electrons. The Morgan fingerprint density at radius 1 is 1.00 bits per heavy atom. The lowest BCUT2D eigenvalue weighted by Gasteiger charge is -2.07. The molecule has 4 N–H and O–H groups in total. The van der Waals surface area contributed by atoms with E-state index >= 15 is 0 Å². The minimum absolute atomic E-state index is 0.109. The second-order valence-corrected chi connectivity index (χ2v) is 6.01. The molecule has 1 aromatic heterocycles. The summed E-state index contributed by atoms with van der Waals surface area (Å²) in [5.41, 5.74) is 6.74. The smallest absolute Gasteiger partial charge is 0.269 e. The minimum atomic E-state index is -0.499. The molecule has 8 nitrogen and oxygen atoms in total. The van der Waals surface area contributed by atoms with E-state index in [1.54, 1.807) is 30.3 Å². The van der Waals surface area contributed by atoms with Crippen LogP contribution in [0.5, 0.6) is 11.5 Å². The summed E-state index contributed by atoms with van der Waals surface area (Å²) in [7, 11) is 1.52. The van der Waals surface area contributed by atoms with Crippen molar-refractivity contribution >= 4 is 23.5 Å². The predicted molar refractivity (Wildman–Crippen MR) is 109 cm³/mol. The topological polar surface area (TPSA) is 119 Å². The van der Waals surface area contributed by atoms with Crippen molar-refractivity contribution < 1.29 is 18.7 Å². The Morgan fingerprint density at radius 3 is 2.37 bits per heavy atom. The number of guanidine groups is 1. The molecule has 0 aliphatic rings. The van der Waals surface area contributed by atoms with Crippen LogP contribution in [0.15, 0.2) is 71.9 Å². The Kier molecular flexibility index (Phi) is 6.33. The number of aromatic nitrogens is 1. The molecule has 0 atom stereocenters. The molecule has 0 aliphatic carbocycles. The van der Waals surface area contributed by atoms with Gasteiger partial charge in [0, 0.05) is 24.9 Å². The fourth-order valence-electron chi connectivity index (χ4n) is 2.41. The average Bonchev–Trinajstić information content (AvgIpc) is 2.75. The lowest BCUT2D eigenvalue weighted by molar-refractivity contribution is 0.0954. The maximum Gasteiger partial charge on any atom is 0.269 e. The number of rotatable bonds is 5. The van der Waals surface area contributed by atoms with Gasteiger partial charge in [-0.15, -0.1) is 0 Å². The number of hydrogen-bond donors (Lipinski definition) is 3. The summed E-state index contributed by atoms with van der Waals surface area (Å²) in [4.78, 5) is 31.8. The number of carbonyl (C=O) groups is 2. The summed E-state index contributed by atoms with van der Waals surface area (Å²) in [6, 6.07) is 14.8. The van der Waals surface area contributed by atoms with E-state index in [4.69, 9.17) is 10.5 Å². The number of carbonyl (C=O) groups excluding carboxylic acids is 2. The summed E-state index contributed by atoms with van der Waals surface area (Å²) in [5, 5.41) is 4.93. The number of aliphatic imine (C=N–C) groups is 1. The summed E-state index contributed by atoms with van der Waals surface area (Å²) >= 11 is 0. The number of pyridine rings is 1. The van der Waals surface area contributed by atoms with Gasteiger partial charge in [-0.1, -0.05) is 0 Å². The maximum atomic E-state index is 12.9. The lowest BCUT2D eigenvalue weighted by atomic mass is 10.2. The predicted octanol–water partition coefficient (Wildman–Crippen LogP) is 2.75. The highest BCUT2D eigenvalue weighted by atomic mass is 19.1. The molecule has 0 spiro atoms. The van der Waals surface area contributed by atoms with Gasteiger partial charge in [0.15, 0.2) is 0 Å². The van der Waals surface area contributed by atoms with Crippen molar-refractivity contribution in [3.63, 3.8) is 0 Å². The second kappa shape index (κ2) is 9.28. The number of amides is 2. The van der Waals surface area contributed by atoms with E-state index in [9.17, 15) is 14.0 Å². The molecule has 0 saturated heterocycles. The molecule has 0 fully saturated rings. The van der Waals surface area contributed by atoms with E-state index < -0.39 is 11.7 Å². The molecule has 0 aliphatic heterocycles. The molecule has 0 unspecified atom stereocenters. The Bertz CT molecular complexity index is 1080. The van der Waals surface area contributed by atoms with Crippen LogP contribution in [-0.2, 0) is 0 Å². The highest BCUT2D eigenvalue weighted by molar-refractivity contribution is 6.05. The molecule has 3 aromatic rings. The fraction of sp³-hybridized carbons (Fsp3) is 0.0476. The standard InChI is InChI=1S/C21H18FN5O3/c1-24-20(29)18-12-17(10-11-25-18)30-16-8-6-15(7-9-16)26-21(23)27-19(28)13-2-4-14(22)5-3-13/h2-12H,1H3,(H,24,29)(H3,23,26,27,28). The van der Waals surface area contributed by atoms with Gasteiger partial charge in [0.2, 0.25) is 5.96 Å². The SMILES string of the molecule is CNC(=O)c1cc(Oc2ccc(N=C(N)NC(=O)c3ccc(F)cc3)cc2)ccn1. The van der Waals surface area contributed by atoms with Gasteiger partial charge in [-0.2, -0.15) is 0 Å². The van der Waals surface area contributed by atoms with E-state index in [1.807, 2.05) is 0 Å². The summed E-state index contributed by atoms with van der Waals surface area (Å²) in [6.07, 6.45) is 1.48. The molecule has 0 bridgehead atoms. The molecule has 3 rings (SSSR count). The number of halogens is 1. The second-order valence-electron chi connectivity index (χ2n) is 6.01. The van der Waals surface area contributed by atoms with Crippen LogP contribution in [0.4, 0.5) is 10.1 Å². The molecule has 152 valence electrons. The maximum absolute atomic E-state index is 12.9. The Labute approximate surface area is 171 Å². The van der Waals surface area contributed by atoms with E-state index in [2.05, 4.69) is 20.6 Å². The zero-order chi connectivity index (χ0) is 21.5. The highest BCUT2D eigenvalue weighted by Crippen LogP contribution is 2.24. The number of hydrogen-bond acceptors (Lipinski definition) is 5. The first kappa shape index (κ1) is 20.5. The van der Waals surface area contributed by atoms with Crippen molar-refractivity contribution in [1.82, 2.24) is 15.6 Å². The molecule has 2 aromatic carbocycles. The molecule has 1 heterocycles. The van der Waals surface area contributed by atoms with Gasteiger partial charge < -0.3 is 15.8 Å².